The third kappa shape index (κ3) is 5.09. The summed E-state index contributed by atoms with van der Waals surface area (Å²) >= 11 is 0. The topological polar surface area (TPSA) is 138 Å². The monoisotopic (exact) mass is 451 g/mol. The number of nitrogens with one attached hydrogen (secondary N) is 2. The highest BCUT2D eigenvalue weighted by molar-refractivity contribution is 5.95. The molecule has 2 amide bonds. The highest BCUT2D eigenvalue weighted by atomic mass is 16.5. The van der Waals surface area contributed by atoms with Gasteiger partial charge in [-0.3, -0.25) is 0 Å². The van der Waals surface area contributed by atoms with Gasteiger partial charge in [0, 0.05) is 0 Å². The molecule has 1 unspecified atom stereocenters. The van der Waals surface area contributed by atoms with E-state index >= 15 is 0 Å². The highest BCUT2D eigenvalue weighted by Crippen LogP contribution is 2.28. The first-order valence-electron chi connectivity index (χ1n) is 10.1. The van der Waals surface area contributed by atoms with E-state index in [0.29, 0.717) is 17.9 Å². The van der Waals surface area contributed by atoms with Crippen molar-refractivity contribution in [2.75, 3.05) is 13.2 Å². The molecule has 0 saturated carbocycles. The molecule has 3 aromatic rings. The molecule has 0 spiro atoms. The summed E-state index contributed by atoms with van der Waals surface area (Å²) < 4.78 is 17.5. The van der Waals surface area contributed by atoms with E-state index < -0.39 is 24.0 Å². The lowest BCUT2D eigenvalue weighted by molar-refractivity contribution is -0.139. The molecule has 2 aromatic heterocycles. The van der Waals surface area contributed by atoms with Crippen LogP contribution in [0.2, 0.25) is 0 Å². The second kappa shape index (κ2) is 9.81. The molecule has 4 rings (SSSR count). The molecule has 0 aliphatic carbocycles. The SMILES string of the molecule is CCOC(=O)C1=C(COC(=O)c2ccc(Cn3cncn3)cc2)NC(=O)NC1c1ccco1. The Morgan fingerprint density at radius 3 is 2.64 bits per heavy atom. The average molecular weight is 451 g/mol. The van der Waals surface area contributed by atoms with Gasteiger partial charge in [0.2, 0.25) is 0 Å². The Hall–Kier alpha value is -4.41. The van der Waals surface area contributed by atoms with E-state index in [4.69, 9.17) is 13.9 Å². The van der Waals surface area contributed by atoms with Gasteiger partial charge in [0.05, 0.1) is 36.2 Å². The van der Waals surface area contributed by atoms with Crippen molar-refractivity contribution in [2.45, 2.75) is 19.5 Å². The number of hydrogen-bond acceptors (Lipinski definition) is 8. The number of benzene rings is 1. The van der Waals surface area contributed by atoms with E-state index in [9.17, 15) is 14.4 Å². The second-order valence-electron chi connectivity index (χ2n) is 7.03. The van der Waals surface area contributed by atoms with Crippen LogP contribution in [0.1, 0.15) is 34.6 Å². The predicted molar refractivity (Wildman–Crippen MR) is 113 cm³/mol. The van der Waals surface area contributed by atoms with Crippen molar-refractivity contribution in [1.82, 2.24) is 25.4 Å². The number of hydrogen-bond donors (Lipinski definition) is 2. The number of amides is 2. The van der Waals surface area contributed by atoms with Crippen molar-refractivity contribution in [3.63, 3.8) is 0 Å². The first-order valence-corrected chi connectivity index (χ1v) is 10.1. The number of esters is 2. The zero-order valence-corrected chi connectivity index (χ0v) is 17.7. The molecule has 1 aromatic carbocycles. The summed E-state index contributed by atoms with van der Waals surface area (Å²) in [5.41, 5.74) is 1.46. The maximum absolute atomic E-state index is 12.6. The molecule has 1 aliphatic heterocycles. The number of aromatic nitrogens is 3. The minimum Gasteiger partial charge on any atom is -0.467 e. The van der Waals surface area contributed by atoms with Crippen molar-refractivity contribution >= 4 is 18.0 Å². The van der Waals surface area contributed by atoms with Gasteiger partial charge in [-0.1, -0.05) is 12.1 Å². The fourth-order valence-corrected chi connectivity index (χ4v) is 3.32. The Kier molecular flexibility index (Phi) is 6.48. The van der Waals surface area contributed by atoms with Gasteiger partial charge in [0.1, 0.15) is 31.1 Å². The van der Waals surface area contributed by atoms with Gasteiger partial charge in [0.25, 0.3) is 0 Å². The van der Waals surface area contributed by atoms with Crippen molar-refractivity contribution in [3.8, 4) is 0 Å². The fraction of sp³-hybridized carbons (Fsp3) is 0.227. The largest absolute Gasteiger partial charge is 0.467 e. The van der Waals surface area contributed by atoms with Gasteiger partial charge in [-0.2, -0.15) is 5.10 Å². The van der Waals surface area contributed by atoms with E-state index in [1.54, 1.807) is 54.3 Å². The molecular weight excluding hydrogens is 430 g/mol. The van der Waals surface area contributed by atoms with Crippen LogP contribution in [0, 0.1) is 0 Å². The summed E-state index contributed by atoms with van der Waals surface area (Å²) in [4.78, 5) is 41.3. The third-order valence-electron chi connectivity index (χ3n) is 4.83. The van der Waals surface area contributed by atoms with E-state index in [0.717, 1.165) is 5.56 Å². The first-order chi connectivity index (χ1) is 16.0. The zero-order chi connectivity index (χ0) is 23.2. The van der Waals surface area contributed by atoms with Gasteiger partial charge in [-0.15, -0.1) is 0 Å². The van der Waals surface area contributed by atoms with Crippen LogP contribution in [-0.2, 0) is 20.8 Å². The molecule has 2 N–H and O–H groups in total. The molecule has 33 heavy (non-hydrogen) atoms. The smallest absolute Gasteiger partial charge is 0.338 e. The lowest BCUT2D eigenvalue weighted by atomic mass is 10.0. The van der Waals surface area contributed by atoms with E-state index in [2.05, 4.69) is 20.7 Å². The van der Waals surface area contributed by atoms with E-state index in [-0.39, 0.29) is 24.5 Å². The summed E-state index contributed by atoms with van der Waals surface area (Å²) in [6, 6.07) is 8.63. The van der Waals surface area contributed by atoms with Crippen LogP contribution < -0.4 is 10.6 Å². The molecule has 3 heterocycles. The van der Waals surface area contributed by atoms with Gasteiger partial charge in [0.15, 0.2) is 0 Å². The van der Waals surface area contributed by atoms with Crippen LogP contribution in [0.5, 0.6) is 0 Å². The Morgan fingerprint density at radius 1 is 1.15 bits per heavy atom. The molecular formula is C22H21N5O6. The maximum Gasteiger partial charge on any atom is 0.338 e. The van der Waals surface area contributed by atoms with Crippen molar-refractivity contribution in [2.24, 2.45) is 0 Å². The second-order valence-corrected chi connectivity index (χ2v) is 7.03. The average Bonchev–Trinajstić information content (AvgIpc) is 3.52. The van der Waals surface area contributed by atoms with Crippen molar-refractivity contribution < 1.29 is 28.3 Å². The Morgan fingerprint density at radius 2 is 1.97 bits per heavy atom. The van der Waals surface area contributed by atoms with Crippen LogP contribution in [0.4, 0.5) is 4.79 Å². The molecule has 1 atom stereocenters. The summed E-state index contributed by atoms with van der Waals surface area (Å²) in [6.07, 6.45) is 4.47. The van der Waals surface area contributed by atoms with Gasteiger partial charge >= 0.3 is 18.0 Å². The summed E-state index contributed by atoms with van der Waals surface area (Å²) in [6.45, 7) is 1.98. The zero-order valence-electron chi connectivity index (χ0n) is 17.7. The van der Waals surface area contributed by atoms with Crippen LogP contribution in [0.3, 0.4) is 0 Å². The summed E-state index contributed by atoms with van der Waals surface area (Å²) in [5.74, 6) is -0.921. The van der Waals surface area contributed by atoms with E-state index in [1.807, 2.05) is 0 Å². The van der Waals surface area contributed by atoms with Crippen LogP contribution in [0.15, 0.2) is 71.0 Å². The molecule has 0 fully saturated rings. The number of ether oxygens (including phenoxy) is 2. The molecule has 170 valence electrons. The number of nitrogens with zero attached hydrogens (tertiary/aromatic N) is 3. The minimum atomic E-state index is -0.877. The molecule has 0 saturated heterocycles. The lowest BCUT2D eigenvalue weighted by Gasteiger charge is -2.27. The molecule has 11 heteroatoms. The molecule has 0 bridgehead atoms. The van der Waals surface area contributed by atoms with Crippen molar-refractivity contribution in [1.29, 1.82) is 0 Å². The van der Waals surface area contributed by atoms with Crippen molar-refractivity contribution in [3.05, 3.63) is 83.5 Å². The van der Waals surface area contributed by atoms with Crippen LogP contribution in [-0.4, -0.2) is 45.9 Å². The number of carbonyl (C=O) groups is 3. The predicted octanol–water partition coefficient (Wildman–Crippen LogP) is 1.95. The molecule has 0 radical (unpaired) electrons. The molecule has 1 aliphatic rings. The molecule has 11 nitrogen and oxygen atoms in total. The number of furan rings is 1. The highest BCUT2D eigenvalue weighted by Gasteiger charge is 2.35. The van der Waals surface area contributed by atoms with Gasteiger partial charge in [-0.25, -0.2) is 24.0 Å². The Bertz CT molecular complexity index is 1150. The minimum absolute atomic E-state index is 0.0994. The quantitative estimate of drug-likeness (QED) is 0.496. The number of carbonyl (C=O) groups excluding carboxylic acids is 3. The lowest BCUT2D eigenvalue weighted by Crippen LogP contribution is -2.47. The van der Waals surface area contributed by atoms with Gasteiger partial charge in [-0.05, 0) is 36.8 Å². The normalized spacial score (nSPS) is 15.5. The standard InChI is InChI=1S/C22H21N5O6/c1-2-31-21(29)18-16(25-22(30)26-19(18)17-4-3-9-32-17)11-33-20(28)15-7-5-14(6-8-15)10-27-13-23-12-24-27/h3-9,12-13,19H,2,10-11H2,1H3,(H2,25,26,30). The summed E-state index contributed by atoms with van der Waals surface area (Å²) in [5, 5.41) is 9.20. The Labute approximate surface area is 188 Å². The van der Waals surface area contributed by atoms with Crippen LogP contribution >= 0.6 is 0 Å². The first kappa shape index (κ1) is 21.8. The number of urea groups is 1. The van der Waals surface area contributed by atoms with Crippen LogP contribution in [0.25, 0.3) is 0 Å². The third-order valence-corrected chi connectivity index (χ3v) is 4.83. The summed E-state index contributed by atoms with van der Waals surface area (Å²) in [7, 11) is 0. The number of rotatable bonds is 8. The maximum atomic E-state index is 12.6. The van der Waals surface area contributed by atoms with Gasteiger partial charge < -0.3 is 24.5 Å². The fourth-order valence-electron chi connectivity index (χ4n) is 3.32. The Balaban J connectivity index is 1.50. The van der Waals surface area contributed by atoms with E-state index in [1.165, 1.54) is 12.6 Å².